The second kappa shape index (κ2) is 14.3. The molecule has 0 aromatic heterocycles. The van der Waals surface area contributed by atoms with Crippen LogP contribution in [0.4, 0.5) is 0 Å². The van der Waals surface area contributed by atoms with Gasteiger partial charge in [0.15, 0.2) is 5.84 Å². The fraction of sp³-hybridized carbons (Fsp3) is 0.522. The quantitative estimate of drug-likeness (QED) is 0.112. The Labute approximate surface area is 191 Å². The molecule has 9 heteroatoms. The van der Waals surface area contributed by atoms with E-state index in [0.717, 1.165) is 57.4 Å². The molecule has 5 N–H and O–H groups in total. The van der Waals surface area contributed by atoms with E-state index in [1.807, 2.05) is 0 Å². The summed E-state index contributed by atoms with van der Waals surface area (Å²) in [5.41, 5.74) is 8.60. The Morgan fingerprint density at radius 3 is 2.47 bits per heavy atom. The van der Waals surface area contributed by atoms with Crippen molar-refractivity contribution >= 4 is 18.8 Å². The molecule has 0 atom stereocenters. The summed E-state index contributed by atoms with van der Waals surface area (Å²) in [5.74, 6) is 0.424. The van der Waals surface area contributed by atoms with Crippen LogP contribution in [0.1, 0.15) is 30.9 Å². The molecule has 0 aliphatic carbocycles. The monoisotopic (exact) mass is 443 g/mol. The molecule has 0 bridgehead atoms. The van der Waals surface area contributed by atoms with Crippen LogP contribution in [-0.2, 0) is 22.6 Å². The lowest BCUT2D eigenvalue weighted by molar-refractivity contribution is -0.109. The predicted octanol–water partition coefficient (Wildman–Crippen LogP) is 1.26. The van der Waals surface area contributed by atoms with E-state index in [9.17, 15) is 4.79 Å². The molecule has 0 radical (unpaired) electrons. The minimum absolute atomic E-state index is 0.0860. The number of hydrogen-bond donors (Lipinski definition) is 4. The molecule has 0 saturated carbocycles. The molecular formula is C23H37N7O2. The van der Waals surface area contributed by atoms with E-state index in [1.54, 1.807) is 0 Å². The molecule has 0 amide bonds. The van der Waals surface area contributed by atoms with Gasteiger partial charge in [-0.1, -0.05) is 37.6 Å². The van der Waals surface area contributed by atoms with E-state index in [-0.39, 0.29) is 11.5 Å². The Morgan fingerprint density at radius 1 is 1.19 bits per heavy atom. The number of unbranched alkanes of at least 4 members (excludes halogenated alkanes) is 1. The van der Waals surface area contributed by atoms with Crippen LogP contribution >= 0.6 is 0 Å². The van der Waals surface area contributed by atoms with Crippen molar-refractivity contribution in [2.75, 3.05) is 46.1 Å². The first-order valence-corrected chi connectivity index (χ1v) is 11.1. The Kier molecular flexibility index (Phi) is 11.4. The number of aliphatic imine (C=N–C) groups is 1. The second-order valence-electron chi connectivity index (χ2n) is 7.79. The zero-order chi connectivity index (χ0) is 23.2. The van der Waals surface area contributed by atoms with Gasteiger partial charge in [0.1, 0.15) is 24.5 Å². The van der Waals surface area contributed by atoms with E-state index in [1.165, 1.54) is 5.56 Å². The molecule has 1 aliphatic heterocycles. The summed E-state index contributed by atoms with van der Waals surface area (Å²) in [7, 11) is 0. The Bertz CT molecular complexity index is 756. The third-order valence-corrected chi connectivity index (χ3v) is 5.37. The first-order valence-electron chi connectivity index (χ1n) is 11.1. The number of amidine groups is 1. The van der Waals surface area contributed by atoms with Crippen LogP contribution in [0.2, 0.25) is 0 Å². The van der Waals surface area contributed by atoms with Gasteiger partial charge >= 0.3 is 0 Å². The number of carbonyl (C=O) groups is 1. The summed E-state index contributed by atoms with van der Waals surface area (Å²) in [6.07, 6.45) is 3.04. The van der Waals surface area contributed by atoms with Crippen molar-refractivity contribution in [3.05, 3.63) is 46.9 Å². The minimum Gasteiger partial charge on any atom is -0.393 e. The number of ether oxygens (including phenoxy) is 1. The van der Waals surface area contributed by atoms with Crippen molar-refractivity contribution in [3.63, 3.8) is 0 Å². The molecule has 1 aliphatic rings. The first kappa shape index (κ1) is 25.5. The molecule has 9 nitrogen and oxygen atoms in total. The molecular weight excluding hydrogens is 406 g/mol. The summed E-state index contributed by atoms with van der Waals surface area (Å²) in [5, 5.41) is 14.2. The van der Waals surface area contributed by atoms with Gasteiger partial charge in [-0.15, -0.1) is 0 Å². The largest absolute Gasteiger partial charge is 0.393 e. The van der Waals surface area contributed by atoms with Crippen molar-refractivity contribution < 1.29 is 9.53 Å². The minimum atomic E-state index is -0.0860. The Hall–Kier alpha value is -2.75. The second-order valence-corrected chi connectivity index (χ2v) is 7.79. The summed E-state index contributed by atoms with van der Waals surface area (Å²) < 4.78 is 5.55. The molecule has 0 spiro atoms. The normalized spacial score (nSPS) is 15.7. The van der Waals surface area contributed by atoms with Gasteiger partial charge in [0, 0.05) is 45.9 Å². The van der Waals surface area contributed by atoms with Crippen molar-refractivity contribution in [2.24, 2.45) is 10.7 Å². The summed E-state index contributed by atoms with van der Waals surface area (Å²) >= 11 is 0. The van der Waals surface area contributed by atoms with Crippen molar-refractivity contribution in [3.8, 4) is 0 Å². The fourth-order valence-electron chi connectivity index (χ4n) is 3.34. The molecule has 1 aromatic carbocycles. The third kappa shape index (κ3) is 8.78. The van der Waals surface area contributed by atoms with E-state index in [2.05, 4.69) is 63.3 Å². The Balaban J connectivity index is 1.86. The number of carbonyl (C=O) groups excluding carboxylic acids is 1. The van der Waals surface area contributed by atoms with Crippen LogP contribution in [0.3, 0.4) is 0 Å². The SMILES string of the molecule is C=NC(=N)/C(N)=C(\NCOCCCC)NCc1ccc(CN2CCN(CC=O)CC2)cc1. The highest BCUT2D eigenvalue weighted by molar-refractivity contribution is 5.98. The van der Waals surface area contributed by atoms with E-state index in [4.69, 9.17) is 15.9 Å². The molecule has 1 heterocycles. The van der Waals surface area contributed by atoms with E-state index < -0.39 is 0 Å². The first-order chi connectivity index (χ1) is 15.6. The molecule has 1 saturated heterocycles. The number of nitrogens with two attached hydrogens (primary N) is 1. The maximum Gasteiger partial charge on any atom is 0.171 e. The Morgan fingerprint density at radius 2 is 1.84 bits per heavy atom. The van der Waals surface area contributed by atoms with Gasteiger partial charge in [0.25, 0.3) is 0 Å². The molecule has 1 aromatic rings. The summed E-state index contributed by atoms with van der Waals surface area (Å²) in [6, 6.07) is 8.45. The molecule has 0 unspecified atom stereocenters. The standard InChI is InChI=1S/C23H37N7O2/c1-3-4-15-32-18-28-23(21(24)22(25)26-2)27-16-19-5-7-20(8-6-19)17-30-11-9-29(10-12-30)13-14-31/h5-8,14,25,27-28H,2-4,9-13,15-18,24H2,1H3/b23-21+,25-22?. The maximum absolute atomic E-state index is 10.7. The lowest BCUT2D eigenvalue weighted by Gasteiger charge is -2.33. The lowest BCUT2D eigenvalue weighted by atomic mass is 10.1. The highest BCUT2D eigenvalue weighted by atomic mass is 16.5. The lowest BCUT2D eigenvalue weighted by Crippen LogP contribution is -2.46. The van der Waals surface area contributed by atoms with Crippen molar-refractivity contribution in [2.45, 2.75) is 32.9 Å². The maximum atomic E-state index is 10.7. The van der Waals surface area contributed by atoms with Gasteiger partial charge in [-0.05, 0) is 24.3 Å². The smallest absolute Gasteiger partial charge is 0.171 e. The average Bonchev–Trinajstić information content (AvgIpc) is 2.82. The van der Waals surface area contributed by atoms with Gasteiger partial charge in [-0.3, -0.25) is 15.2 Å². The topological polar surface area (TPSA) is 119 Å². The fourth-order valence-corrected chi connectivity index (χ4v) is 3.34. The average molecular weight is 444 g/mol. The zero-order valence-electron chi connectivity index (χ0n) is 19.1. The van der Waals surface area contributed by atoms with Crippen LogP contribution in [0, 0.1) is 5.41 Å². The summed E-state index contributed by atoms with van der Waals surface area (Å²) in [6.45, 7) is 12.2. The number of benzene rings is 1. The number of nitrogens with one attached hydrogen (secondary N) is 3. The summed E-state index contributed by atoms with van der Waals surface area (Å²) in [4.78, 5) is 18.8. The van der Waals surface area contributed by atoms with Crippen LogP contribution in [0.5, 0.6) is 0 Å². The highest BCUT2D eigenvalue weighted by Crippen LogP contribution is 2.10. The number of nitrogens with zero attached hydrogens (tertiary/aromatic N) is 3. The number of aldehydes is 1. The number of hydrogen-bond acceptors (Lipinski definition) is 8. The third-order valence-electron chi connectivity index (χ3n) is 5.37. The van der Waals surface area contributed by atoms with Gasteiger partial charge < -0.3 is 25.9 Å². The van der Waals surface area contributed by atoms with Gasteiger partial charge in [0.05, 0.1) is 6.54 Å². The van der Waals surface area contributed by atoms with E-state index >= 15 is 0 Å². The van der Waals surface area contributed by atoms with E-state index in [0.29, 0.717) is 32.2 Å². The predicted molar refractivity (Wildman–Crippen MR) is 128 cm³/mol. The van der Waals surface area contributed by atoms with Crippen LogP contribution in [-0.4, -0.2) is 74.7 Å². The van der Waals surface area contributed by atoms with Crippen molar-refractivity contribution in [1.29, 1.82) is 5.41 Å². The van der Waals surface area contributed by atoms with Crippen molar-refractivity contribution in [1.82, 2.24) is 20.4 Å². The zero-order valence-corrected chi connectivity index (χ0v) is 19.1. The highest BCUT2D eigenvalue weighted by Gasteiger charge is 2.16. The van der Waals surface area contributed by atoms with Gasteiger partial charge in [0.2, 0.25) is 0 Å². The molecule has 32 heavy (non-hydrogen) atoms. The van der Waals surface area contributed by atoms with Crippen LogP contribution in [0.15, 0.2) is 40.8 Å². The number of rotatable bonds is 14. The number of piperazine rings is 1. The molecule has 176 valence electrons. The van der Waals surface area contributed by atoms with Crippen LogP contribution < -0.4 is 16.4 Å². The van der Waals surface area contributed by atoms with Gasteiger partial charge in [-0.2, -0.15) is 0 Å². The molecule has 2 rings (SSSR count). The van der Waals surface area contributed by atoms with Crippen LogP contribution in [0.25, 0.3) is 0 Å². The van der Waals surface area contributed by atoms with Gasteiger partial charge in [-0.25, -0.2) is 4.99 Å². The molecule has 1 fully saturated rings.